The molecule has 1 heterocycles. The van der Waals surface area contributed by atoms with Crippen molar-refractivity contribution < 1.29 is 13.2 Å². The van der Waals surface area contributed by atoms with Gasteiger partial charge in [-0.1, -0.05) is 25.1 Å². The average molecular weight is 278 g/mol. The minimum atomic E-state index is -3.69. The van der Waals surface area contributed by atoms with E-state index in [4.69, 9.17) is 5.73 Å². The first-order valence-electron chi connectivity index (χ1n) is 5.79. The molecular weight excluding hydrogens is 264 g/mol. The highest BCUT2D eigenvalue weighted by Gasteiger charge is 2.22. The minimum absolute atomic E-state index is 0.177. The monoisotopic (exact) mass is 278 g/mol. The van der Waals surface area contributed by atoms with Crippen molar-refractivity contribution in [3.05, 3.63) is 53.9 Å². The second-order valence-corrected chi connectivity index (χ2v) is 5.82. The molecule has 0 saturated heterocycles. The summed E-state index contributed by atoms with van der Waals surface area (Å²) in [4.78, 5) is 11.4. The Kier molecular flexibility index (Phi) is 3.44. The Hall–Kier alpha value is -2.08. The highest BCUT2D eigenvalue weighted by atomic mass is 32.2. The third-order valence-electron chi connectivity index (χ3n) is 2.85. The van der Waals surface area contributed by atoms with Gasteiger partial charge < -0.3 is 5.73 Å². The molecule has 100 valence electrons. The number of nitrogens with zero attached hydrogens (tertiary/aromatic N) is 1. The lowest BCUT2D eigenvalue weighted by Gasteiger charge is -2.10. The van der Waals surface area contributed by atoms with Crippen molar-refractivity contribution in [1.82, 2.24) is 3.97 Å². The Morgan fingerprint density at radius 2 is 1.84 bits per heavy atom. The van der Waals surface area contributed by atoms with Crippen molar-refractivity contribution >= 4 is 15.9 Å². The molecule has 0 bridgehead atoms. The van der Waals surface area contributed by atoms with Gasteiger partial charge in [0.1, 0.15) is 0 Å². The van der Waals surface area contributed by atoms with Crippen LogP contribution in [-0.4, -0.2) is 18.3 Å². The molecule has 5 nitrogen and oxygen atoms in total. The van der Waals surface area contributed by atoms with Crippen LogP contribution in [0.15, 0.2) is 47.5 Å². The van der Waals surface area contributed by atoms with E-state index in [1.54, 1.807) is 25.1 Å². The van der Waals surface area contributed by atoms with E-state index in [1.165, 1.54) is 24.4 Å². The van der Waals surface area contributed by atoms with Gasteiger partial charge in [0.15, 0.2) is 0 Å². The van der Waals surface area contributed by atoms with Crippen LogP contribution in [0.3, 0.4) is 0 Å². The maximum Gasteiger partial charge on any atom is 0.267 e. The molecule has 19 heavy (non-hydrogen) atoms. The second kappa shape index (κ2) is 4.89. The third-order valence-corrected chi connectivity index (χ3v) is 4.58. The number of carbonyl (C=O) groups excluding carboxylic acids is 1. The molecule has 0 radical (unpaired) electrons. The number of amides is 1. The maximum absolute atomic E-state index is 12.5. The Morgan fingerprint density at radius 3 is 2.37 bits per heavy atom. The van der Waals surface area contributed by atoms with Gasteiger partial charge in [0, 0.05) is 11.9 Å². The zero-order valence-corrected chi connectivity index (χ0v) is 11.2. The fourth-order valence-corrected chi connectivity index (χ4v) is 3.42. The fraction of sp³-hybridized carbons (Fsp3) is 0.154. The lowest BCUT2D eigenvalue weighted by atomic mass is 10.2. The minimum Gasteiger partial charge on any atom is -0.366 e. The molecule has 0 aliphatic heterocycles. The second-order valence-electron chi connectivity index (χ2n) is 4.01. The van der Waals surface area contributed by atoms with Gasteiger partial charge in [0.05, 0.1) is 10.5 Å². The first-order valence-corrected chi connectivity index (χ1v) is 7.23. The molecule has 0 atom stereocenters. The summed E-state index contributed by atoms with van der Waals surface area (Å²) in [5.74, 6) is -0.626. The summed E-state index contributed by atoms with van der Waals surface area (Å²) in [5, 5.41) is 0. The topological polar surface area (TPSA) is 82.2 Å². The quantitative estimate of drug-likeness (QED) is 0.917. The van der Waals surface area contributed by atoms with Gasteiger partial charge in [0.2, 0.25) is 0 Å². The summed E-state index contributed by atoms with van der Waals surface area (Å²) in [6.45, 7) is 1.78. The molecule has 0 spiro atoms. The Morgan fingerprint density at radius 1 is 1.21 bits per heavy atom. The van der Waals surface area contributed by atoms with E-state index in [-0.39, 0.29) is 10.5 Å². The summed E-state index contributed by atoms with van der Waals surface area (Å²) in [6, 6.07) is 9.50. The van der Waals surface area contributed by atoms with Crippen LogP contribution in [0.2, 0.25) is 0 Å². The van der Waals surface area contributed by atoms with Crippen molar-refractivity contribution in [3.8, 4) is 0 Å². The van der Waals surface area contributed by atoms with Crippen LogP contribution >= 0.6 is 0 Å². The molecule has 0 saturated carbocycles. The van der Waals surface area contributed by atoms with Crippen LogP contribution in [0.1, 0.15) is 23.0 Å². The van der Waals surface area contributed by atoms with E-state index in [0.29, 0.717) is 12.1 Å². The van der Waals surface area contributed by atoms with Gasteiger partial charge in [0.25, 0.3) is 15.9 Å². The van der Waals surface area contributed by atoms with Crippen molar-refractivity contribution in [2.75, 3.05) is 0 Å². The smallest absolute Gasteiger partial charge is 0.267 e. The lowest BCUT2D eigenvalue weighted by molar-refractivity contribution is 0.0999. The predicted octanol–water partition coefficient (Wildman–Crippen LogP) is 1.39. The molecule has 0 aliphatic carbocycles. The zero-order chi connectivity index (χ0) is 14.0. The van der Waals surface area contributed by atoms with E-state index < -0.39 is 15.9 Å². The van der Waals surface area contributed by atoms with Crippen LogP contribution < -0.4 is 5.73 Å². The number of benzene rings is 1. The van der Waals surface area contributed by atoms with Crippen molar-refractivity contribution in [2.24, 2.45) is 5.73 Å². The summed E-state index contributed by atoms with van der Waals surface area (Å²) >= 11 is 0. The van der Waals surface area contributed by atoms with Crippen LogP contribution in [0, 0.1) is 0 Å². The Labute approximate surface area is 111 Å². The molecule has 0 unspecified atom stereocenters. The highest BCUT2D eigenvalue weighted by Crippen LogP contribution is 2.19. The molecule has 2 rings (SSSR count). The number of aromatic nitrogens is 1. The highest BCUT2D eigenvalue weighted by molar-refractivity contribution is 7.90. The van der Waals surface area contributed by atoms with Crippen molar-refractivity contribution in [3.63, 3.8) is 0 Å². The van der Waals surface area contributed by atoms with Gasteiger partial charge in [-0.15, -0.1) is 0 Å². The zero-order valence-electron chi connectivity index (χ0n) is 10.4. The Bertz CT molecular complexity index is 703. The van der Waals surface area contributed by atoms with Crippen molar-refractivity contribution in [2.45, 2.75) is 18.2 Å². The fourth-order valence-electron chi connectivity index (χ4n) is 1.95. The number of hydrogen-bond acceptors (Lipinski definition) is 3. The Balaban J connectivity index is 2.63. The summed E-state index contributed by atoms with van der Waals surface area (Å²) in [7, 11) is -3.69. The SMILES string of the molecule is CCc1c(C(N)=O)ccn1S(=O)(=O)c1ccccc1. The van der Waals surface area contributed by atoms with Crippen LogP contribution in [0.4, 0.5) is 0 Å². The molecular formula is C13H14N2O3S. The first kappa shape index (κ1) is 13.4. The largest absolute Gasteiger partial charge is 0.366 e. The lowest BCUT2D eigenvalue weighted by Crippen LogP contribution is -2.18. The number of hydrogen-bond donors (Lipinski definition) is 1. The molecule has 0 fully saturated rings. The van der Waals surface area contributed by atoms with Crippen molar-refractivity contribution in [1.29, 1.82) is 0 Å². The average Bonchev–Trinajstić information content (AvgIpc) is 2.84. The van der Waals surface area contributed by atoms with Crippen LogP contribution in [-0.2, 0) is 16.4 Å². The van der Waals surface area contributed by atoms with E-state index in [2.05, 4.69) is 0 Å². The molecule has 1 amide bonds. The summed E-state index contributed by atoms with van der Waals surface area (Å²) in [5.41, 5.74) is 5.88. The summed E-state index contributed by atoms with van der Waals surface area (Å²) in [6.07, 6.45) is 1.76. The number of nitrogens with two attached hydrogens (primary N) is 1. The molecule has 1 aromatic carbocycles. The van der Waals surface area contributed by atoms with Gasteiger partial charge in [-0.2, -0.15) is 0 Å². The van der Waals surface area contributed by atoms with Crippen LogP contribution in [0.5, 0.6) is 0 Å². The predicted molar refractivity (Wildman–Crippen MR) is 71.4 cm³/mol. The van der Waals surface area contributed by atoms with Crippen LogP contribution in [0.25, 0.3) is 0 Å². The van der Waals surface area contributed by atoms with E-state index in [1.807, 2.05) is 0 Å². The maximum atomic E-state index is 12.5. The van der Waals surface area contributed by atoms with Gasteiger partial charge in [-0.05, 0) is 24.6 Å². The number of rotatable bonds is 4. The standard InChI is InChI=1S/C13H14N2O3S/c1-2-12-11(13(14)16)8-9-15(12)19(17,18)10-6-4-3-5-7-10/h3-9H,2H2,1H3,(H2,14,16). The number of carbonyl (C=O) groups is 1. The first-order chi connectivity index (χ1) is 8.98. The molecule has 1 aromatic heterocycles. The van der Waals surface area contributed by atoms with E-state index in [9.17, 15) is 13.2 Å². The normalized spacial score (nSPS) is 11.4. The number of primary amides is 1. The molecule has 2 N–H and O–H groups in total. The molecule has 6 heteroatoms. The van der Waals surface area contributed by atoms with Gasteiger partial charge in [-0.25, -0.2) is 12.4 Å². The molecule has 2 aromatic rings. The molecule has 0 aliphatic rings. The third kappa shape index (κ3) is 2.26. The van der Waals surface area contributed by atoms with Gasteiger partial charge >= 0.3 is 0 Å². The van der Waals surface area contributed by atoms with E-state index >= 15 is 0 Å². The van der Waals surface area contributed by atoms with Gasteiger partial charge in [-0.3, -0.25) is 4.79 Å². The van der Waals surface area contributed by atoms with E-state index in [0.717, 1.165) is 3.97 Å². The summed E-state index contributed by atoms with van der Waals surface area (Å²) < 4.78 is 26.0.